The summed E-state index contributed by atoms with van der Waals surface area (Å²) in [6, 6.07) is 7.47. The second-order valence-electron chi connectivity index (χ2n) is 5.97. The van der Waals surface area contributed by atoms with Crippen molar-refractivity contribution in [2.24, 2.45) is 0 Å². The summed E-state index contributed by atoms with van der Waals surface area (Å²) in [7, 11) is 3.27. The molecule has 5 nitrogen and oxygen atoms in total. The Hall–Kier alpha value is -2.15. The monoisotopic (exact) mass is 410 g/mol. The van der Waals surface area contributed by atoms with Gasteiger partial charge in [0.2, 0.25) is 0 Å². The van der Waals surface area contributed by atoms with Crippen molar-refractivity contribution in [3.05, 3.63) is 62.2 Å². The molecule has 2 aromatic rings. The normalized spacial score (nSPS) is 11.9. The summed E-state index contributed by atoms with van der Waals surface area (Å²) in [6.07, 6.45) is 0. The molecule has 7 heteroatoms. The van der Waals surface area contributed by atoms with E-state index in [1.807, 2.05) is 6.92 Å². The van der Waals surface area contributed by atoms with Gasteiger partial charge in [-0.2, -0.15) is 0 Å². The quantitative estimate of drug-likeness (QED) is 0.760. The molecule has 0 spiro atoms. The van der Waals surface area contributed by atoms with Crippen LogP contribution in [-0.4, -0.2) is 36.1 Å². The first-order valence-corrected chi connectivity index (χ1v) is 8.51. The lowest BCUT2D eigenvalue weighted by Crippen LogP contribution is -2.29. The molecule has 0 radical (unpaired) electrons. The van der Waals surface area contributed by atoms with E-state index < -0.39 is 0 Å². The minimum absolute atomic E-state index is 0.136. The number of ether oxygens (including phenoxy) is 1. The Balaban J connectivity index is 2.28. The maximum absolute atomic E-state index is 13.8. The summed E-state index contributed by atoms with van der Waals surface area (Å²) in [6.45, 7) is 3.46. The molecule has 0 unspecified atom stereocenters. The van der Waals surface area contributed by atoms with Gasteiger partial charge in [-0.05, 0) is 53.5 Å². The van der Waals surface area contributed by atoms with Gasteiger partial charge in [0.05, 0.1) is 10.5 Å². The number of hydrogen-bond acceptors (Lipinski definition) is 3. The van der Waals surface area contributed by atoms with E-state index in [4.69, 9.17) is 4.74 Å². The molecule has 0 saturated heterocycles. The van der Waals surface area contributed by atoms with Crippen LogP contribution >= 0.6 is 15.9 Å². The standard InChI is InChI=1S/C18H20BrFN2O3/c1-11-7-14(25-10-18(24)21(3)4)9-17(23)22(11)12(2)13-5-6-15(19)16(20)8-13/h5-9,12H,10H2,1-4H3/t12-/m1/s1. The fourth-order valence-electron chi connectivity index (χ4n) is 2.46. The first kappa shape index (κ1) is 19.2. The number of amides is 1. The second kappa shape index (κ2) is 7.82. The van der Waals surface area contributed by atoms with Crippen molar-refractivity contribution in [1.29, 1.82) is 0 Å². The third kappa shape index (κ3) is 4.48. The third-order valence-corrected chi connectivity index (χ3v) is 4.55. The smallest absolute Gasteiger partial charge is 0.259 e. The largest absolute Gasteiger partial charge is 0.484 e. The van der Waals surface area contributed by atoms with Crippen LogP contribution in [0.4, 0.5) is 4.39 Å². The van der Waals surface area contributed by atoms with Crippen LogP contribution in [0.15, 0.2) is 39.6 Å². The molecule has 0 aliphatic heterocycles. The zero-order chi connectivity index (χ0) is 18.7. The molecule has 0 aliphatic carbocycles. The maximum Gasteiger partial charge on any atom is 0.259 e. The zero-order valence-electron chi connectivity index (χ0n) is 14.5. The Bertz CT molecular complexity index is 849. The van der Waals surface area contributed by atoms with Crippen LogP contribution < -0.4 is 10.3 Å². The Morgan fingerprint density at radius 1 is 1.32 bits per heavy atom. The molecule has 1 heterocycles. The first-order chi connectivity index (χ1) is 11.7. The Labute approximate surface area is 154 Å². The van der Waals surface area contributed by atoms with Crippen LogP contribution in [0, 0.1) is 12.7 Å². The van der Waals surface area contributed by atoms with Gasteiger partial charge in [0.1, 0.15) is 11.6 Å². The number of pyridine rings is 1. The summed E-state index contributed by atoms with van der Waals surface area (Å²) in [5.41, 5.74) is 1.07. The molecule has 0 aliphatic rings. The number of rotatable bonds is 5. The Kier molecular flexibility index (Phi) is 6.00. The van der Waals surface area contributed by atoms with E-state index in [0.717, 1.165) is 0 Å². The lowest BCUT2D eigenvalue weighted by Gasteiger charge is -2.20. The van der Waals surface area contributed by atoms with Crippen LogP contribution in [0.2, 0.25) is 0 Å². The molecule has 0 saturated carbocycles. The third-order valence-electron chi connectivity index (χ3n) is 3.91. The molecule has 1 amide bonds. The minimum Gasteiger partial charge on any atom is -0.484 e. The van der Waals surface area contributed by atoms with Gasteiger partial charge in [0, 0.05) is 25.9 Å². The van der Waals surface area contributed by atoms with E-state index in [-0.39, 0.29) is 29.9 Å². The fourth-order valence-corrected chi connectivity index (χ4v) is 2.70. The van der Waals surface area contributed by atoms with Crippen molar-refractivity contribution in [2.45, 2.75) is 19.9 Å². The average molecular weight is 411 g/mol. The highest BCUT2D eigenvalue weighted by Gasteiger charge is 2.15. The number of halogens is 2. The van der Waals surface area contributed by atoms with E-state index in [9.17, 15) is 14.0 Å². The van der Waals surface area contributed by atoms with E-state index in [2.05, 4.69) is 15.9 Å². The van der Waals surface area contributed by atoms with Crippen molar-refractivity contribution in [3.63, 3.8) is 0 Å². The van der Waals surface area contributed by atoms with Gasteiger partial charge in [0.15, 0.2) is 6.61 Å². The van der Waals surface area contributed by atoms with Crippen LogP contribution in [-0.2, 0) is 4.79 Å². The van der Waals surface area contributed by atoms with Crippen molar-refractivity contribution < 1.29 is 13.9 Å². The first-order valence-electron chi connectivity index (χ1n) is 7.71. The van der Waals surface area contributed by atoms with Crippen LogP contribution in [0.3, 0.4) is 0 Å². The van der Waals surface area contributed by atoms with Gasteiger partial charge in [-0.15, -0.1) is 0 Å². The molecular formula is C18H20BrFN2O3. The van der Waals surface area contributed by atoms with Crippen molar-refractivity contribution in [1.82, 2.24) is 9.47 Å². The number of hydrogen-bond donors (Lipinski definition) is 0. The van der Waals surface area contributed by atoms with E-state index in [1.54, 1.807) is 43.8 Å². The van der Waals surface area contributed by atoms with Crippen LogP contribution in [0.25, 0.3) is 0 Å². The lowest BCUT2D eigenvalue weighted by atomic mass is 10.1. The highest BCUT2D eigenvalue weighted by Crippen LogP contribution is 2.24. The van der Waals surface area contributed by atoms with Crippen molar-refractivity contribution in [3.8, 4) is 5.75 Å². The number of benzene rings is 1. The van der Waals surface area contributed by atoms with E-state index in [1.165, 1.54) is 17.0 Å². The van der Waals surface area contributed by atoms with E-state index >= 15 is 0 Å². The highest BCUT2D eigenvalue weighted by molar-refractivity contribution is 9.10. The number of likely N-dealkylation sites (N-methyl/N-ethyl adjacent to an activating group) is 1. The Morgan fingerprint density at radius 2 is 2.00 bits per heavy atom. The topological polar surface area (TPSA) is 51.5 Å². The molecule has 0 N–H and O–H groups in total. The highest BCUT2D eigenvalue weighted by atomic mass is 79.9. The van der Waals surface area contributed by atoms with Crippen molar-refractivity contribution >= 4 is 21.8 Å². The molecule has 134 valence electrons. The van der Waals surface area contributed by atoms with Gasteiger partial charge in [-0.1, -0.05) is 6.07 Å². The molecular weight excluding hydrogens is 391 g/mol. The number of carbonyl (C=O) groups excluding carboxylic acids is 1. The van der Waals surface area contributed by atoms with Gasteiger partial charge < -0.3 is 14.2 Å². The van der Waals surface area contributed by atoms with Crippen LogP contribution in [0.1, 0.15) is 24.2 Å². The van der Waals surface area contributed by atoms with Gasteiger partial charge in [-0.25, -0.2) is 4.39 Å². The summed E-state index contributed by atoms with van der Waals surface area (Å²) in [5, 5.41) is 0. The molecule has 2 rings (SSSR count). The lowest BCUT2D eigenvalue weighted by molar-refractivity contribution is -0.130. The predicted octanol–water partition coefficient (Wildman–Crippen LogP) is 3.13. The Morgan fingerprint density at radius 3 is 2.56 bits per heavy atom. The molecule has 1 aromatic carbocycles. The number of aromatic nitrogens is 1. The number of nitrogens with zero attached hydrogens (tertiary/aromatic N) is 2. The molecule has 1 atom stereocenters. The molecule has 0 fully saturated rings. The predicted molar refractivity (Wildman–Crippen MR) is 97.5 cm³/mol. The number of aryl methyl sites for hydroxylation is 1. The van der Waals surface area contributed by atoms with Crippen LogP contribution in [0.5, 0.6) is 5.75 Å². The summed E-state index contributed by atoms with van der Waals surface area (Å²) in [5.74, 6) is -0.235. The zero-order valence-corrected chi connectivity index (χ0v) is 16.1. The van der Waals surface area contributed by atoms with Gasteiger partial charge >= 0.3 is 0 Å². The average Bonchev–Trinajstić information content (AvgIpc) is 2.54. The fraction of sp³-hybridized carbons (Fsp3) is 0.333. The molecule has 1 aromatic heterocycles. The van der Waals surface area contributed by atoms with Crippen molar-refractivity contribution in [2.75, 3.05) is 20.7 Å². The van der Waals surface area contributed by atoms with Gasteiger partial charge in [-0.3, -0.25) is 9.59 Å². The maximum atomic E-state index is 13.8. The summed E-state index contributed by atoms with van der Waals surface area (Å²) < 4.78 is 21.1. The van der Waals surface area contributed by atoms with Gasteiger partial charge in [0.25, 0.3) is 11.5 Å². The summed E-state index contributed by atoms with van der Waals surface area (Å²) >= 11 is 3.12. The SMILES string of the molecule is Cc1cc(OCC(=O)N(C)C)cc(=O)n1[C@H](C)c1ccc(Br)c(F)c1. The second-order valence-corrected chi connectivity index (χ2v) is 6.82. The number of carbonyl (C=O) groups is 1. The summed E-state index contributed by atoms with van der Waals surface area (Å²) in [4.78, 5) is 25.5. The molecule has 0 bridgehead atoms. The van der Waals surface area contributed by atoms with E-state index in [0.29, 0.717) is 21.5 Å². The molecule has 25 heavy (non-hydrogen) atoms. The minimum atomic E-state index is -0.378.